The molecule has 0 saturated heterocycles. The maximum atomic E-state index is 11.5. The number of amides is 1. The lowest BCUT2D eigenvalue weighted by atomic mass is 10.3. The number of likely N-dealkylation sites (N-methyl/N-ethyl adjacent to an activating group) is 2. The van der Waals surface area contributed by atoms with Gasteiger partial charge in [0.1, 0.15) is 6.54 Å². The zero-order valence-corrected chi connectivity index (χ0v) is 15.9. The van der Waals surface area contributed by atoms with Gasteiger partial charge in [0.25, 0.3) is 0 Å². The van der Waals surface area contributed by atoms with E-state index in [0.29, 0.717) is 12.0 Å². The molecule has 120 valence electrons. The van der Waals surface area contributed by atoms with Gasteiger partial charge in [-0.1, -0.05) is 0 Å². The Bertz CT molecular complexity index is 294. The molecule has 0 atom stereocenters. The van der Waals surface area contributed by atoms with Crippen LogP contribution >= 0.6 is 24.0 Å². The van der Waals surface area contributed by atoms with Crippen LogP contribution in [0.1, 0.15) is 20.8 Å². The summed E-state index contributed by atoms with van der Waals surface area (Å²) < 4.78 is 0. The summed E-state index contributed by atoms with van der Waals surface area (Å²) in [6.07, 6.45) is 0. The Balaban J connectivity index is 0. The van der Waals surface area contributed by atoms with E-state index in [9.17, 15) is 4.79 Å². The van der Waals surface area contributed by atoms with Gasteiger partial charge in [0, 0.05) is 39.8 Å². The van der Waals surface area contributed by atoms with Crippen molar-refractivity contribution in [3.8, 4) is 0 Å². The summed E-state index contributed by atoms with van der Waals surface area (Å²) in [6.45, 7) is 9.01. The van der Waals surface area contributed by atoms with E-state index >= 15 is 0 Å². The molecule has 0 heterocycles. The SMILES string of the molecule is CCNC(=NCC(=O)N(C)C)NCCN(C)C(C)C.I. The molecule has 0 spiro atoms. The maximum Gasteiger partial charge on any atom is 0.243 e. The highest BCUT2D eigenvalue weighted by Crippen LogP contribution is 1.90. The average Bonchev–Trinajstić information content (AvgIpc) is 2.34. The van der Waals surface area contributed by atoms with Crippen LogP contribution in [0.2, 0.25) is 0 Å². The van der Waals surface area contributed by atoms with Crippen LogP contribution < -0.4 is 10.6 Å². The van der Waals surface area contributed by atoms with Crippen molar-refractivity contribution in [2.75, 3.05) is 47.3 Å². The van der Waals surface area contributed by atoms with Gasteiger partial charge in [-0.2, -0.15) is 0 Å². The van der Waals surface area contributed by atoms with Gasteiger partial charge >= 0.3 is 0 Å². The Kier molecular flexibility index (Phi) is 13.2. The molecule has 2 N–H and O–H groups in total. The molecule has 0 aliphatic rings. The molecule has 0 bridgehead atoms. The van der Waals surface area contributed by atoms with E-state index in [0.717, 1.165) is 19.6 Å². The highest BCUT2D eigenvalue weighted by atomic mass is 127. The van der Waals surface area contributed by atoms with Gasteiger partial charge in [-0.25, -0.2) is 4.99 Å². The van der Waals surface area contributed by atoms with Crippen molar-refractivity contribution in [2.24, 2.45) is 4.99 Å². The van der Waals surface area contributed by atoms with Crippen LogP contribution in [0, 0.1) is 0 Å². The van der Waals surface area contributed by atoms with Crippen LogP contribution in [0.5, 0.6) is 0 Å². The van der Waals surface area contributed by atoms with Gasteiger partial charge in [-0.3, -0.25) is 4.79 Å². The number of carbonyl (C=O) groups is 1. The number of nitrogens with zero attached hydrogens (tertiary/aromatic N) is 3. The second kappa shape index (κ2) is 12.2. The summed E-state index contributed by atoms with van der Waals surface area (Å²) >= 11 is 0. The molecule has 0 aromatic heterocycles. The van der Waals surface area contributed by atoms with E-state index in [1.807, 2.05) is 6.92 Å². The van der Waals surface area contributed by atoms with E-state index in [1.54, 1.807) is 19.0 Å². The fraction of sp³-hybridized carbons (Fsp3) is 0.846. The minimum Gasteiger partial charge on any atom is -0.357 e. The lowest BCUT2D eigenvalue weighted by Gasteiger charge is -2.21. The average molecular weight is 399 g/mol. The Morgan fingerprint density at radius 2 is 1.80 bits per heavy atom. The molecular formula is C13H30IN5O. The smallest absolute Gasteiger partial charge is 0.243 e. The van der Waals surface area contributed by atoms with Crippen molar-refractivity contribution in [3.63, 3.8) is 0 Å². The molecule has 1 amide bonds. The molecule has 0 rings (SSSR count). The van der Waals surface area contributed by atoms with Crippen molar-refractivity contribution in [3.05, 3.63) is 0 Å². The number of carbonyl (C=O) groups excluding carboxylic acids is 1. The van der Waals surface area contributed by atoms with Crippen LogP contribution in [0.25, 0.3) is 0 Å². The largest absolute Gasteiger partial charge is 0.357 e. The number of hydrogen-bond donors (Lipinski definition) is 2. The molecule has 0 unspecified atom stereocenters. The van der Waals surface area contributed by atoms with Crippen LogP contribution in [0.4, 0.5) is 0 Å². The van der Waals surface area contributed by atoms with Gasteiger partial charge in [0.2, 0.25) is 5.91 Å². The fourth-order valence-electron chi connectivity index (χ4n) is 1.24. The maximum absolute atomic E-state index is 11.5. The number of aliphatic imine (C=N–C) groups is 1. The van der Waals surface area contributed by atoms with Crippen LogP contribution in [-0.4, -0.2) is 75.0 Å². The molecule has 20 heavy (non-hydrogen) atoms. The molecule has 0 aliphatic carbocycles. The minimum atomic E-state index is -0.00324. The van der Waals surface area contributed by atoms with Crippen molar-refractivity contribution >= 4 is 35.8 Å². The number of nitrogens with one attached hydrogen (secondary N) is 2. The van der Waals surface area contributed by atoms with E-state index in [2.05, 4.69) is 41.4 Å². The lowest BCUT2D eigenvalue weighted by Crippen LogP contribution is -2.42. The van der Waals surface area contributed by atoms with Gasteiger partial charge in [0.15, 0.2) is 5.96 Å². The van der Waals surface area contributed by atoms with Crippen molar-refractivity contribution in [1.82, 2.24) is 20.4 Å². The second-order valence-electron chi connectivity index (χ2n) is 4.98. The number of halogens is 1. The second-order valence-corrected chi connectivity index (χ2v) is 4.98. The topological polar surface area (TPSA) is 60.0 Å². The first-order valence-electron chi connectivity index (χ1n) is 6.81. The first-order valence-corrected chi connectivity index (χ1v) is 6.81. The Morgan fingerprint density at radius 1 is 1.20 bits per heavy atom. The molecule has 0 aliphatic heterocycles. The molecule has 0 radical (unpaired) electrons. The first-order chi connectivity index (χ1) is 8.88. The highest BCUT2D eigenvalue weighted by Gasteiger charge is 2.05. The number of guanidine groups is 1. The Hall–Kier alpha value is -0.570. The standard InChI is InChI=1S/C13H29N5O.HI/c1-7-14-13(16-10-12(19)17(4)5)15-8-9-18(6)11(2)3;/h11H,7-10H2,1-6H3,(H2,14,15,16);1H. The monoisotopic (exact) mass is 399 g/mol. The van der Waals surface area contributed by atoms with Crippen molar-refractivity contribution in [2.45, 2.75) is 26.8 Å². The summed E-state index contributed by atoms with van der Waals surface area (Å²) in [5.74, 6) is 0.686. The summed E-state index contributed by atoms with van der Waals surface area (Å²) in [7, 11) is 5.55. The van der Waals surface area contributed by atoms with Crippen LogP contribution in [0.15, 0.2) is 4.99 Å². The Morgan fingerprint density at radius 3 is 2.25 bits per heavy atom. The van der Waals surface area contributed by atoms with E-state index in [1.165, 1.54) is 0 Å². The predicted molar refractivity (Wildman–Crippen MR) is 95.9 cm³/mol. The zero-order valence-electron chi connectivity index (χ0n) is 13.6. The normalized spacial score (nSPS) is 11.3. The lowest BCUT2D eigenvalue weighted by molar-refractivity contribution is -0.127. The molecule has 0 aromatic carbocycles. The summed E-state index contributed by atoms with van der Waals surface area (Å²) in [6, 6.07) is 0.525. The third kappa shape index (κ3) is 10.2. The van der Waals surface area contributed by atoms with Crippen molar-refractivity contribution in [1.29, 1.82) is 0 Å². The number of hydrogen-bond acceptors (Lipinski definition) is 3. The highest BCUT2D eigenvalue weighted by molar-refractivity contribution is 14.0. The molecule has 0 aromatic rings. The van der Waals surface area contributed by atoms with Gasteiger partial charge in [-0.15, -0.1) is 24.0 Å². The minimum absolute atomic E-state index is 0. The molecule has 0 saturated carbocycles. The van der Waals surface area contributed by atoms with E-state index in [-0.39, 0.29) is 36.4 Å². The molecular weight excluding hydrogens is 369 g/mol. The summed E-state index contributed by atoms with van der Waals surface area (Å²) in [5.41, 5.74) is 0. The van der Waals surface area contributed by atoms with E-state index < -0.39 is 0 Å². The molecule has 7 heteroatoms. The first kappa shape index (κ1) is 21.7. The third-order valence-electron chi connectivity index (χ3n) is 2.85. The number of rotatable bonds is 7. The summed E-state index contributed by atoms with van der Waals surface area (Å²) in [5, 5.41) is 6.36. The van der Waals surface area contributed by atoms with Crippen LogP contribution in [-0.2, 0) is 4.79 Å². The van der Waals surface area contributed by atoms with Gasteiger partial charge < -0.3 is 20.4 Å². The summed E-state index contributed by atoms with van der Waals surface area (Å²) in [4.78, 5) is 19.5. The molecule has 0 fully saturated rings. The van der Waals surface area contributed by atoms with Crippen molar-refractivity contribution < 1.29 is 4.79 Å². The zero-order chi connectivity index (χ0) is 14.8. The predicted octanol–water partition coefficient (Wildman–Crippen LogP) is 0.588. The fourth-order valence-corrected chi connectivity index (χ4v) is 1.24. The van der Waals surface area contributed by atoms with Crippen LogP contribution in [0.3, 0.4) is 0 Å². The van der Waals surface area contributed by atoms with Gasteiger partial charge in [0.05, 0.1) is 0 Å². The quantitative estimate of drug-likeness (QED) is 0.374. The van der Waals surface area contributed by atoms with E-state index in [4.69, 9.17) is 0 Å². The van der Waals surface area contributed by atoms with Gasteiger partial charge in [-0.05, 0) is 27.8 Å². The Labute approximate surface area is 140 Å². The third-order valence-corrected chi connectivity index (χ3v) is 2.85. The molecule has 6 nitrogen and oxygen atoms in total.